The first kappa shape index (κ1) is 7.64. The zero-order chi connectivity index (χ0) is 9.26. The van der Waals surface area contributed by atoms with Crippen molar-refractivity contribution >= 4 is 22.8 Å². The van der Waals surface area contributed by atoms with Crippen LogP contribution in [0.3, 0.4) is 0 Å². The van der Waals surface area contributed by atoms with Crippen LogP contribution in [0.2, 0.25) is 0 Å². The standard InChI is InChI=1S/C8H6N4O/c1-12-3-7(11-5-13)6-2-9-4-10-8(6)12/h2-4H,1H3. The zero-order valence-corrected chi connectivity index (χ0v) is 6.93. The fraction of sp³-hybridized carbons (Fsp3) is 0.125. The topological polar surface area (TPSA) is 60.1 Å². The van der Waals surface area contributed by atoms with Crippen molar-refractivity contribution in [3.63, 3.8) is 0 Å². The van der Waals surface area contributed by atoms with Crippen molar-refractivity contribution < 1.29 is 4.79 Å². The third-order valence-electron chi connectivity index (χ3n) is 1.78. The van der Waals surface area contributed by atoms with E-state index < -0.39 is 0 Å². The molecule has 0 aliphatic rings. The molecule has 2 aromatic heterocycles. The summed E-state index contributed by atoms with van der Waals surface area (Å²) in [6.07, 6.45) is 6.29. The molecule has 0 radical (unpaired) electrons. The van der Waals surface area contributed by atoms with Crippen molar-refractivity contribution in [1.29, 1.82) is 0 Å². The molecule has 0 aliphatic carbocycles. The average molecular weight is 174 g/mol. The van der Waals surface area contributed by atoms with Gasteiger partial charge in [-0.05, 0) is 0 Å². The first-order chi connectivity index (χ1) is 6.33. The van der Waals surface area contributed by atoms with E-state index in [9.17, 15) is 4.79 Å². The van der Waals surface area contributed by atoms with Crippen LogP contribution in [0, 0.1) is 0 Å². The van der Waals surface area contributed by atoms with E-state index in [0.717, 1.165) is 11.0 Å². The minimum atomic E-state index is 0.549. The van der Waals surface area contributed by atoms with Crippen molar-refractivity contribution in [2.45, 2.75) is 0 Å². The summed E-state index contributed by atoms with van der Waals surface area (Å²) in [5.41, 5.74) is 1.30. The fourth-order valence-electron chi connectivity index (χ4n) is 1.24. The molecule has 0 aromatic carbocycles. The predicted molar refractivity (Wildman–Crippen MR) is 46.3 cm³/mol. The van der Waals surface area contributed by atoms with Gasteiger partial charge in [-0.25, -0.2) is 14.8 Å². The van der Waals surface area contributed by atoms with Gasteiger partial charge in [0.15, 0.2) is 0 Å². The number of aliphatic imine (C=N–C) groups is 1. The highest BCUT2D eigenvalue weighted by Crippen LogP contribution is 2.24. The lowest BCUT2D eigenvalue weighted by Gasteiger charge is -1.90. The van der Waals surface area contributed by atoms with E-state index in [2.05, 4.69) is 15.0 Å². The lowest BCUT2D eigenvalue weighted by molar-refractivity contribution is 0.565. The molecule has 0 N–H and O–H groups in total. The molecule has 0 aliphatic heterocycles. The van der Waals surface area contributed by atoms with Crippen molar-refractivity contribution in [3.8, 4) is 0 Å². The van der Waals surface area contributed by atoms with Gasteiger partial charge in [0, 0.05) is 19.4 Å². The first-order valence-corrected chi connectivity index (χ1v) is 3.66. The average Bonchev–Trinajstić information content (AvgIpc) is 2.46. The maximum absolute atomic E-state index is 10.1. The van der Waals surface area contributed by atoms with Crippen LogP contribution in [0.25, 0.3) is 11.0 Å². The van der Waals surface area contributed by atoms with E-state index in [1.165, 1.54) is 12.4 Å². The highest BCUT2D eigenvalue weighted by atomic mass is 16.1. The summed E-state index contributed by atoms with van der Waals surface area (Å²) in [6.45, 7) is 0. The van der Waals surface area contributed by atoms with E-state index in [-0.39, 0.29) is 0 Å². The van der Waals surface area contributed by atoms with Crippen LogP contribution < -0.4 is 0 Å². The lowest BCUT2D eigenvalue weighted by atomic mass is 10.4. The monoisotopic (exact) mass is 174 g/mol. The Morgan fingerprint density at radius 3 is 3.23 bits per heavy atom. The van der Waals surface area contributed by atoms with Gasteiger partial charge in [0.05, 0.1) is 5.39 Å². The van der Waals surface area contributed by atoms with Crippen LogP contribution >= 0.6 is 0 Å². The quantitative estimate of drug-likeness (QED) is 0.477. The van der Waals surface area contributed by atoms with E-state index in [1.54, 1.807) is 17.0 Å². The van der Waals surface area contributed by atoms with Gasteiger partial charge in [0.1, 0.15) is 17.7 Å². The van der Waals surface area contributed by atoms with Crippen LogP contribution in [-0.2, 0) is 11.8 Å². The number of hydrogen-bond donors (Lipinski definition) is 0. The molecule has 13 heavy (non-hydrogen) atoms. The summed E-state index contributed by atoms with van der Waals surface area (Å²) in [7, 11) is 1.83. The second-order valence-electron chi connectivity index (χ2n) is 2.59. The number of isocyanates is 1. The Morgan fingerprint density at radius 2 is 2.46 bits per heavy atom. The Kier molecular flexibility index (Phi) is 1.65. The van der Waals surface area contributed by atoms with Gasteiger partial charge in [-0.15, -0.1) is 0 Å². The van der Waals surface area contributed by atoms with Gasteiger partial charge in [-0.2, -0.15) is 4.99 Å². The summed E-state index contributed by atoms with van der Waals surface area (Å²) < 4.78 is 1.78. The molecule has 2 rings (SSSR count). The smallest absolute Gasteiger partial charge is 0.240 e. The van der Waals surface area contributed by atoms with E-state index in [0.29, 0.717) is 5.69 Å². The molecule has 0 fully saturated rings. The summed E-state index contributed by atoms with van der Waals surface area (Å²) in [6, 6.07) is 0. The van der Waals surface area contributed by atoms with Gasteiger partial charge in [-0.1, -0.05) is 0 Å². The van der Waals surface area contributed by atoms with Crippen LogP contribution in [0.15, 0.2) is 23.7 Å². The molecule has 0 saturated heterocycles. The highest BCUT2D eigenvalue weighted by molar-refractivity contribution is 5.88. The Morgan fingerprint density at radius 1 is 1.62 bits per heavy atom. The second kappa shape index (κ2) is 2.80. The summed E-state index contributed by atoms with van der Waals surface area (Å²) in [4.78, 5) is 21.5. The molecule has 2 heterocycles. The second-order valence-corrected chi connectivity index (χ2v) is 2.59. The van der Waals surface area contributed by atoms with Crippen molar-refractivity contribution in [2.24, 2.45) is 12.0 Å². The van der Waals surface area contributed by atoms with Gasteiger partial charge in [-0.3, -0.25) is 0 Å². The molecule has 0 atom stereocenters. The molecule has 64 valence electrons. The zero-order valence-electron chi connectivity index (χ0n) is 6.93. The van der Waals surface area contributed by atoms with Gasteiger partial charge < -0.3 is 4.57 Å². The number of aryl methyl sites for hydroxylation is 1. The van der Waals surface area contributed by atoms with Crippen LogP contribution in [-0.4, -0.2) is 20.6 Å². The third-order valence-corrected chi connectivity index (χ3v) is 1.78. The number of rotatable bonds is 1. The van der Waals surface area contributed by atoms with E-state index in [4.69, 9.17) is 0 Å². The van der Waals surface area contributed by atoms with Crippen LogP contribution in [0.4, 0.5) is 5.69 Å². The van der Waals surface area contributed by atoms with E-state index >= 15 is 0 Å². The lowest BCUT2D eigenvalue weighted by Crippen LogP contribution is -1.86. The van der Waals surface area contributed by atoms with Gasteiger partial charge >= 0.3 is 0 Å². The molecule has 0 saturated carbocycles. The molecule has 0 spiro atoms. The van der Waals surface area contributed by atoms with Crippen molar-refractivity contribution in [1.82, 2.24) is 14.5 Å². The Bertz CT molecular complexity index is 496. The van der Waals surface area contributed by atoms with Crippen LogP contribution in [0.5, 0.6) is 0 Å². The number of hydrogen-bond acceptors (Lipinski definition) is 4. The van der Waals surface area contributed by atoms with Gasteiger partial charge in [0.2, 0.25) is 6.08 Å². The Hall–Kier alpha value is -2.00. The van der Waals surface area contributed by atoms with Crippen molar-refractivity contribution in [2.75, 3.05) is 0 Å². The minimum absolute atomic E-state index is 0.549. The number of fused-ring (bicyclic) bond motifs is 1. The molecule has 5 nitrogen and oxygen atoms in total. The van der Waals surface area contributed by atoms with E-state index in [1.807, 2.05) is 7.05 Å². The Balaban J connectivity index is 2.85. The number of carbonyl (C=O) groups excluding carboxylic acids is 1. The SMILES string of the molecule is Cn1cc(N=C=O)c2cncnc21. The summed E-state index contributed by atoms with van der Waals surface area (Å²) in [5, 5.41) is 0.758. The minimum Gasteiger partial charge on any atom is -0.333 e. The largest absolute Gasteiger partial charge is 0.333 e. The normalized spacial score (nSPS) is 9.92. The maximum atomic E-state index is 10.1. The van der Waals surface area contributed by atoms with Crippen molar-refractivity contribution in [3.05, 3.63) is 18.7 Å². The fourth-order valence-corrected chi connectivity index (χ4v) is 1.24. The van der Waals surface area contributed by atoms with Gasteiger partial charge in [0.25, 0.3) is 0 Å². The number of nitrogens with zero attached hydrogens (tertiary/aromatic N) is 4. The summed E-state index contributed by atoms with van der Waals surface area (Å²) >= 11 is 0. The molecular formula is C8H6N4O. The third kappa shape index (κ3) is 1.11. The van der Waals surface area contributed by atoms with Crippen LogP contribution in [0.1, 0.15) is 0 Å². The number of aromatic nitrogens is 3. The molecule has 5 heteroatoms. The predicted octanol–water partition coefficient (Wildman–Crippen LogP) is 0.936. The molecule has 0 amide bonds. The molecule has 2 aromatic rings. The highest BCUT2D eigenvalue weighted by Gasteiger charge is 2.05. The molecule has 0 bridgehead atoms. The first-order valence-electron chi connectivity index (χ1n) is 3.66. The maximum Gasteiger partial charge on any atom is 0.240 e. The molecule has 0 unspecified atom stereocenters. The summed E-state index contributed by atoms with van der Waals surface area (Å²) in [5.74, 6) is 0. The molecular weight excluding hydrogens is 168 g/mol. The Labute approximate surface area is 73.8 Å².